The van der Waals surface area contributed by atoms with Crippen LogP contribution in [0.1, 0.15) is 11.1 Å². The Kier molecular flexibility index (Phi) is 5.48. The molecule has 0 unspecified atom stereocenters. The quantitative estimate of drug-likeness (QED) is 0.448. The molecule has 0 atom stereocenters. The maximum Gasteiger partial charge on any atom is 0.212 e. The largest absolute Gasteiger partial charge is 0.212 e. The van der Waals surface area contributed by atoms with Gasteiger partial charge in [-0.2, -0.15) is 9.78 Å². The zero-order valence-electron chi connectivity index (χ0n) is 11.9. The van der Waals surface area contributed by atoms with Crippen LogP contribution in [0.3, 0.4) is 0 Å². The number of rotatable bonds is 5. The Morgan fingerprint density at radius 2 is 1.87 bits per heavy atom. The van der Waals surface area contributed by atoms with Crippen molar-refractivity contribution < 1.29 is 0 Å². The van der Waals surface area contributed by atoms with Crippen LogP contribution < -0.4 is 0 Å². The number of aromatic nitrogens is 3. The highest BCUT2D eigenvalue weighted by Gasteiger charge is 2.04. The van der Waals surface area contributed by atoms with Gasteiger partial charge in [-0.1, -0.05) is 63.6 Å². The van der Waals surface area contributed by atoms with Gasteiger partial charge in [-0.15, -0.1) is 10.2 Å². The molecule has 0 aliphatic rings. The van der Waals surface area contributed by atoms with Gasteiger partial charge in [-0.25, -0.2) is 0 Å². The van der Waals surface area contributed by atoms with Gasteiger partial charge in [0.05, 0.1) is 6.21 Å². The molecule has 0 spiro atoms. The lowest BCUT2D eigenvalue weighted by molar-refractivity contribution is 0.767. The molecule has 4 nitrogen and oxygen atoms in total. The van der Waals surface area contributed by atoms with E-state index in [0.29, 0.717) is 0 Å². The van der Waals surface area contributed by atoms with E-state index in [1.165, 1.54) is 5.56 Å². The van der Waals surface area contributed by atoms with Gasteiger partial charge >= 0.3 is 0 Å². The van der Waals surface area contributed by atoms with Crippen molar-refractivity contribution in [2.24, 2.45) is 5.10 Å². The minimum atomic E-state index is 0.737. The second-order valence-corrected chi connectivity index (χ2v) is 6.96. The molecule has 0 radical (unpaired) electrons. The van der Waals surface area contributed by atoms with Crippen LogP contribution in [0.4, 0.5) is 0 Å². The molecular formula is C16H12BrClN4S. The molecule has 0 fully saturated rings. The van der Waals surface area contributed by atoms with E-state index >= 15 is 0 Å². The van der Waals surface area contributed by atoms with Gasteiger partial charge in [0, 0.05) is 15.2 Å². The molecule has 0 bridgehead atoms. The van der Waals surface area contributed by atoms with Crippen LogP contribution in [0.5, 0.6) is 0 Å². The molecule has 7 heteroatoms. The summed E-state index contributed by atoms with van der Waals surface area (Å²) in [6.45, 7) is 0. The SMILES string of the molecule is Clc1ccc(CSc2nncn2/N=C/c2ccc(Br)cc2)cc1. The van der Waals surface area contributed by atoms with Crippen molar-refractivity contribution in [1.29, 1.82) is 0 Å². The second-order valence-electron chi connectivity index (χ2n) is 4.67. The summed E-state index contributed by atoms with van der Waals surface area (Å²) >= 11 is 10.9. The number of nitrogens with zero attached hydrogens (tertiary/aromatic N) is 4. The third-order valence-electron chi connectivity index (χ3n) is 2.98. The summed E-state index contributed by atoms with van der Waals surface area (Å²) in [5, 5.41) is 13.9. The van der Waals surface area contributed by atoms with Crippen molar-refractivity contribution in [1.82, 2.24) is 14.9 Å². The highest BCUT2D eigenvalue weighted by molar-refractivity contribution is 9.10. The molecule has 1 heterocycles. The smallest absolute Gasteiger partial charge is 0.195 e. The molecule has 0 aliphatic heterocycles. The first-order chi connectivity index (χ1) is 11.2. The third kappa shape index (κ3) is 4.67. The van der Waals surface area contributed by atoms with Gasteiger partial charge in [0.15, 0.2) is 0 Å². The molecule has 1 aromatic heterocycles. The number of halogens is 2. The molecule has 116 valence electrons. The van der Waals surface area contributed by atoms with Crippen LogP contribution in [0, 0.1) is 0 Å². The van der Waals surface area contributed by atoms with Crippen LogP contribution in [-0.4, -0.2) is 21.1 Å². The van der Waals surface area contributed by atoms with Crippen LogP contribution in [0.2, 0.25) is 5.02 Å². The van der Waals surface area contributed by atoms with Crippen molar-refractivity contribution in [2.45, 2.75) is 10.9 Å². The summed E-state index contributed by atoms with van der Waals surface area (Å²) < 4.78 is 2.71. The first-order valence-corrected chi connectivity index (χ1v) is 8.93. The normalized spacial score (nSPS) is 11.2. The predicted molar refractivity (Wildman–Crippen MR) is 98.2 cm³/mol. The van der Waals surface area contributed by atoms with Gasteiger partial charge in [-0.05, 0) is 35.4 Å². The fourth-order valence-electron chi connectivity index (χ4n) is 1.80. The second kappa shape index (κ2) is 7.77. The molecule has 0 N–H and O–H groups in total. The first kappa shape index (κ1) is 16.2. The van der Waals surface area contributed by atoms with Gasteiger partial charge in [0.1, 0.15) is 6.33 Å². The number of hydrogen-bond donors (Lipinski definition) is 0. The lowest BCUT2D eigenvalue weighted by Crippen LogP contribution is -1.92. The number of thioether (sulfide) groups is 1. The van der Waals surface area contributed by atoms with Gasteiger partial charge < -0.3 is 0 Å². The molecule has 2 aromatic carbocycles. The third-order valence-corrected chi connectivity index (χ3v) is 4.77. The topological polar surface area (TPSA) is 43.1 Å². The summed E-state index contributed by atoms with van der Waals surface area (Å²) in [5.41, 5.74) is 2.18. The lowest BCUT2D eigenvalue weighted by Gasteiger charge is -2.01. The van der Waals surface area contributed by atoms with Crippen molar-refractivity contribution in [3.63, 3.8) is 0 Å². The van der Waals surface area contributed by atoms with E-state index in [0.717, 1.165) is 26.0 Å². The van der Waals surface area contributed by atoms with E-state index in [1.54, 1.807) is 29.0 Å². The standard InChI is InChI=1S/C16H12BrClN4S/c17-14-5-1-12(2-6-14)9-20-22-11-19-21-16(22)23-10-13-3-7-15(18)8-4-13/h1-9,11H,10H2/b20-9+. The average Bonchev–Trinajstić information content (AvgIpc) is 3.01. The van der Waals surface area contributed by atoms with E-state index in [1.807, 2.05) is 48.5 Å². The summed E-state index contributed by atoms with van der Waals surface area (Å²) in [5.74, 6) is 0.781. The maximum atomic E-state index is 5.89. The monoisotopic (exact) mass is 406 g/mol. The Bertz CT molecular complexity index is 800. The van der Waals surface area contributed by atoms with Crippen molar-refractivity contribution >= 4 is 45.5 Å². The van der Waals surface area contributed by atoms with E-state index in [2.05, 4.69) is 31.2 Å². The summed E-state index contributed by atoms with van der Waals surface area (Å²) in [6.07, 6.45) is 3.38. The van der Waals surface area contributed by atoms with E-state index in [9.17, 15) is 0 Å². The van der Waals surface area contributed by atoms with Crippen molar-refractivity contribution in [3.8, 4) is 0 Å². The van der Waals surface area contributed by atoms with E-state index in [4.69, 9.17) is 11.6 Å². The molecule has 0 saturated heterocycles. The minimum absolute atomic E-state index is 0.737. The van der Waals surface area contributed by atoms with Crippen LogP contribution in [0.25, 0.3) is 0 Å². The predicted octanol–water partition coefficient (Wildman–Crippen LogP) is 4.87. The zero-order valence-corrected chi connectivity index (χ0v) is 15.1. The molecular weight excluding hydrogens is 396 g/mol. The number of benzene rings is 2. The van der Waals surface area contributed by atoms with Gasteiger partial charge in [0.2, 0.25) is 5.16 Å². The highest BCUT2D eigenvalue weighted by atomic mass is 79.9. The Hall–Kier alpha value is -1.63. The minimum Gasteiger partial charge on any atom is -0.195 e. The summed E-state index contributed by atoms with van der Waals surface area (Å²) in [7, 11) is 0. The van der Waals surface area contributed by atoms with Gasteiger partial charge in [0.25, 0.3) is 0 Å². The molecule has 0 amide bonds. The summed E-state index contributed by atoms with van der Waals surface area (Å²) in [4.78, 5) is 0. The molecule has 23 heavy (non-hydrogen) atoms. The van der Waals surface area contributed by atoms with Crippen LogP contribution in [0.15, 0.2) is 69.6 Å². The number of hydrogen-bond acceptors (Lipinski definition) is 4. The average molecular weight is 408 g/mol. The van der Waals surface area contributed by atoms with E-state index in [-0.39, 0.29) is 0 Å². The Labute approximate surface area is 151 Å². The Balaban J connectivity index is 1.67. The molecule has 3 aromatic rings. The molecule has 0 saturated carbocycles. The fraction of sp³-hybridized carbons (Fsp3) is 0.0625. The highest BCUT2D eigenvalue weighted by Crippen LogP contribution is 2.21. The Morgan fingerprint density at radius 3 is 2.61 bits per heavy atom. The molecule has 3 rings (SSSR count). The first-order valence-electron chi connectivity index (χ1n) is 6.78. The van der Waals surface area contributed by atoms with E-state index < -0.39 is 0 Å². The van der Waals surface area contributed by atoms with Crippen LogP contribution in [-0.2, 0) is 5.75 Å². The van der Waals surface area contributed by atoms with Crippen LogP contribution >= 0.6 is 39.3 Å². The van der Waals surface area contributed by atoms with Crippen molar-refractivity contribution in [3.05, 3.63) is 75.5 Å². The lowest BCUT2D eigenvalue weighted by atomic mass is 10.2. The fourth-order valence-corrected chi connectivity index (χ4v) is 3.01. The maximum absolute atomic E-state index is 5.89. The van der Waals surface area contributed by atoms with Crippen molar-refractivity contribution in [2.75, 3.05) is 0 Å². The Morgan fingerprint density at radius 1 is 1.13 bits per heavy atom. The molecule has 0 aliphatic carbocycles. The zero-order chi connectivity index (χ0) is 16.1. The van der Waals surface area contributed by atoms with Gasteiger partial charge in [-0.3, -0.25) is 0 Å². The summed E-state index contributed by atoms with van der Waals surface area (Å²) in [6, 6.07) is 15.7.